The Labute approximate surface area is 157 Å². The summed E-state index contributed by atoms with van der Waals surface area (Å²) in [6.07, 6.45) is 1.59. The van der Waals surface area contributed by atoms with Crippen LogP contribution >= 0.6 is 11.6 Å². The molecule has 1 aromatic heterocycles. The van der Waals surface area contributed by atoms with Gasteiger partial charge in [-0.1, -0.05) is 29.8 Å². The zero-order valence-electron chi connectivity index (χ0n) is 14.4. The molecule has 6 heteroatoms. The number of rotatable bonds is 5. The fourth-order valence-electron chi connectivity index (χ4n) is 2.43. The summed E-state index contributed by atoms with van der Waals surface area (Å²) in [7, 11) is 1.56. The van der Waals surface area contributed by atoms with E-state index < -0.39 is 0 Å². The summed E-state index contributed by atoms with van der Waals surface area (Å²) >= 11 is 6.13. The number of benzene rings is 2. The number of pyridine rings is 1. The van der Waals surface area contributed by atoms with Crippen LogP contribution in [0.5, 0.6) is 5.75 Å². The second-order valence-electron chi connectivity index (χ2n) is 5.69. The predicted molar refractivity (Wildman–Crippen MR) is 105 cm³/mol. The smallest absolute Gasteiger partial charge is 0.274 e. The molecule has 2 aromatic carbocycles. The number of hydrogen-bond donors (Lipinski definition) is 2. The maximum absolute atomic E-state index is 12.4. The Morgan fingerprint density at radius 1 is 1.08 bits per heavy atom. The van der Waals surface area contributed by atoms with Crippen molar-refractivity contribution in [1.29, 1.82) is 0 Å². The van der Waals surface area contributed by atoms with Crippen molar-refractivity contribution in [3.05, 3.63) is 77.1 Å². The summed E-state index contributed by atoms with van der Waals surface area (Å²) in [6, 6.07) is 16.4. The van der Waals surface area contributed by atoms with Gasteiger partial charge in [0.1, 0.15) is 11.4 Å². The molecule has 0 saturated heterocycles. The molecule has 0 radical (unpaired) electrons. The van der Waals surface area contributed by atoms with Gasteiger partial charge in [0.2, 0.25) is 0 Å². The molecule has 0 saturated carbocycles. The number of methoxy groups -OCH3 is 1. The third-order valence-corrected chi connectivity index (χ3v) is 4.08. The van der Waals surface area contributed by atoms with Crippen LogP contribution in [0.25, 0.3) is 0 Å². The van der Waals surface area contributed by atoms with E-state index in [-0.39, 0.29) is 5.91 Å². The van der Waals surface area contributed by atoms with E-state index in [1.54, 1.807) is 31.5 Å². The number of aryl methyl sites for hydroxylation is 1. The number of nitrogens with one attached hydrogen (secondary N) is 2. The summed E-state index contributed by atoms with van der Waals surface area (Å²) in [5.41, 5.74) is 3.45. The zero-order chi connectivity index (χ0) is 18.5. The molecule has 2 N–H and O–H groups in total. The number of para-hydroxylation sites is 1. The lowest BCUT2D eigenvalue weighted by Crippen LogP contribution is -2.14. The molecular weight excluding hydrogens is 350 g/mol. The Bertz CT molecular complexity index is 927. The standard InChI is InChI=1S/C20H18ClN3O2/c1-13-7-10-19(26-2)18(11-13)24-20(25)17-9-8-14(12-22-17)23-16-6-4-3-5-15(16)21/h3-12,23H,1-2H3,(H,24,25). The van der Waals surface area contributed by atoms with Crippen molar-refractivity contribution in [2.75, 3.05) is 17.7 Å². The van der Waals surface area contributed by atoms with Gasteiger partial charge in [-0.15, -0.1) is 0 Å². The van der Waals surface area contributed by atoms with Gasteiger partial charge in [-0.25, -0.2) is 4.98 Å². The number of carbonyl (C=O) groups is 1. The van der Waals surface area contributed by atoms with Crippen LogP contribution in [0.1, 0.15) is 16.1 Å². The first kappa shape index (κ1) is 17.8. The Kier molecular flexibility index (Phi) is 5.39. The quantitative estimate of drug-likeness (QED) is 0.662. The molecule has 3 rings (SSSR count). The van der Waals surface area contributed by atoms with Gasteiger partial charge in [0.05, 0.1) is 35.4 Å². The van der Waals surface area contributed by atoms with Gasteiger partial charge in [0, 0.05) is 0 Å². The number of carbonyl (C=O) groups excluding carboxylic acids is 1. The van der Waals surface area contributed by atoms with E-state index in [0.29, 0.717) is 22.2 Å². The van der Waals surface area contributed by atoms with Crippen molar-refractivity contribution in [3.63, 3.8) is 0 Å². The predicted octanol–water partition coefficient (Wildman–Crippen LogP) is 5.05. The van der Waals surface area contributed by atoms with Crippen molar-refractivity contribution in [1.82, 2.24) is 4.98 Å². The minimum atomic E-state index is -0.307. The molecule has 1 heterocycles. The average Bonchev–Trinajstić information content (AvgIpc) is 2.64. The van der Waals surface area contributed by atoms with Crippen LogP contribution in [0.3, 0.4) is 0 Å². The maximum atomic E-state index is 12.4. The van der Waals surface area contributed by atoms with Crippen molar-refractivity contribution < 1.29 is 9.53 Å². The Balaban J connectivity index is 1.73. The highest BCUT2D eigenvalue weighted by molar-refractivity contribution is 6.33. The lowest BCUT2D eigenvalue weighted by molar-refractivity contribution is 0.102. The minimum absolute atomic E-state index is 0.304. The summed E-state index contributed by atoms with van der Waals surface area (Å²) in [6.45, 7) is 1.95. The van der Waals surface area contributed by atoms with E-state index in [1.165, 1.54) is 0 Å². The molecule has 1 amide bonds. The number of hydrogen-bond acceptors (Lipinski definition) is 4. The van der Waals surface area contributed by atoms with Gasteiger partial charge in [0.25, 0.3) is 5.91 Å². The molecular formula is C20H18ClN3O2. The summed E-state index contributed by atoms with van der Waals surface area (Å²) in [5.74, 6) is 0.291. The Morgan fingerprint density at radius 2 is 1.88 bits per heavy atom. The highest BCUT2D eigenvalue weighted by Gasteiger charge is 2.11. The fraction of sp³-hybridized carbons (Fsp3) is 0.100. The van der Waals surface area contributed by atoms with Crippen molar-refractivity contribution in [3.8, 4) is 5.75 Å². The topological polar surface area (TPSA) is 63.2 Å². The average molecular weight is 368 g/mol. The molecule has 5 nitrogen and oxygen atoms in total. The number of nitrogens with zero attached hydrogens (tertiary/aromatic N) is 1. The van der Waals surface area contributed by atoms with Crippen molar-refractivity contribution in [2.45, 2.75) is 6.92 Å². The normalized spacial score (nSPS) is 10.3. The SMILES string of the molecule is COc1ccc(C)cc1NC(=O)c1ccc(Nc2ccccc2Cl)cn1. The third kappa shape index (κ3) is 4.13. The molecule has 0 fully saturated rings. The van der Waals surface area contributed by atoms with E-state index in [0.717, 1.165) is 16.9 Å². The first-order chi connectivity index (χ1) is 12.6. The molecule has 26 heavy (non-hydrogen) atoms. The van der Waals surface area contributed by atoms with Crippen LogP contribution in [0.15, 0.2) is 60.8 Å². The van der Waals surface area contributed by atoms with Gasteiger partial charge in [-0.2, -0.15) is 0 Å². The molecule has 0 bridgehead atoms. The van der Waals surface area contributed by atoms with Gasteiger partial charge in [-0.05, 0) is 48.9 Å². The van der Waals surface area contributed by atoms with Crippen LogP contribution in [0.2, 0.25) is 5.02 Å². The summed E-state index contributed by atoms with van der Waals surface area (Å²) in [5, 5.41) is 6.61. The number of anilines is 3. The van der Waals surface area contributed by atoms with Crippen molar-refractivity contribution in [2.24, 2.45) is 0 Å². The first-order valence-corrected chi connectivity index (χ1v) is 8.38. The number of aromatic nitrogens is 1. The molecule has 0 atom stereocenters. The van der Waals surface area contributed by atoms with E-state index in [4.69, 9.17) is 16.3 Å². The van der Waals surface area contributed by atoms with Gasteiger partial charge in [0.15, 0.2) is 0 Å². The van der Waals surface area contributed by atoms with Crippen molar-refractivity contribution >= 4 is 34.6 Å². The molecule has 132 valence electrons. The van der Waals surface area contributed by atoms with Crippen LogP contribution in [-0.4, -0.2) is 18.0 Å². The van der Waals surface area contributed by atoms with E-state index in [9.17, 15) is 4.79 Å². The molecule has 0 aliphatic heterocycles. The van der Waals surface area contributed by atoms with Crippen LogP contribution in [0, 0.1) is 6.92 Å². The van der Waals surface area contributed by atoms with Gasteiger partial charge >= 0.3 is 0 Å². The molecule has 3 aromatic rings. The van der Waals surface area contributed by atoms with Crippen LogP contribution < -0.4 is 15.4 Å². The second-order valence-corrected chi connectivity index (χ2v) is 6.10. The highest BCUT2D eigenvalue weighted by Crippen LogP contribution is 2.26. The Hall–Kier alpha value is -3.05. The lowest BCUT2D eigenvalue weighted by Gasteiger charge is -2.11. The van der Waals surface area contributed by atoms with Crippen LogP contribution in [0.4, 0.5) is 17.1 Å². The molecule has 0 aliphatic rings. The van der Waals surface area contributed by atoms with E-state index in [1.807, 2.05) is 43.3 Å². The third-order valence-electron chi connectivity index (χ3n) is 3.75. The monoisotopic (exact) mass is 367 g/mol. The molecule has 0 unspecified atom stereocenters. The lowest BCUT2D eigenvalue weighted by atomic mass is 10.2. The Morgan fingerprint density at radius 3 is 2.58 bits per heavy atom. The number of amides is 1. The first-order valence-electron chi connectivity index (χ1n) is 8.00. The number of ether oxygens (including phenoxy) is 1. The minimum Gasteiger partial charge on any atom is -0.495 e. The highest BCUT2D eigenvalue weighted by atomic mass is 35.5. The largest absolute Gasteiger partial charge is 0.495 e. The van der Waals surface area contributed by atoms with Crippen LogP contribution in [-0.2, 0) is 0 Å². The molecule has 0 spiro atoms. The van der Waals surface area contributed by atoms with E-state index >= 15 is 0 Å². The van der Waals surface area contributed by atoms with Gasteiger partial charge in [-0.3, -0.25) is 4.79 Å². The van der Waals surface area contributed by atoms with Gasteiger partial charge < -0.3 is 15.4 Å². The summed E-state index contributed by atoms with van der Waals surface area (Å²) in [4.78, 5) is 16.7. The van der Waals surface area contributed by atoms with E-state index in [2.05, 4.69) is 15.6 Å². The molecule has 0 aliphatic carbocycles. The second kappa shape index (κ2) is 7.89. The number of halogens is 1. The zero-order valence-corrected chi connectivity index (χ0v) is 15.2. The summed E-state index contributed by atoms with van der Waals surface area (Å²) < 4.78 is 5.28. The fourth-order valence-corrected chi connectivity index (χ4v) is 2.61. The maximum Gasteiger partial charge on any atom is 0.274 e.